The third kappa shape index (κ3) is 6.08. The Bertz CT molecular complexity index is 503. The molecule has 0 radical (unpaired) electrons. The molecule has 0 bridgehead atoms. The van der Waals surface area contributed by atoms with Gasteiger partial charge in [-0.3, -0.25) is 0 Å². The van der Waals surface area contributed by atoms with Crippen LogP contribution in [0.25, 0.3) is 0 Å². The molecule has 3 nitrogen and oxygen atoms in total. The predicted octanol–water partition coefficient (Wildman–Crippen LogP) is 5.57. The third-order valence-corrected chi connectivity index (χ3v) is 9.35. The van der Waals surface area contributed by atoms with Gasteiger partial charge in [0.15, 0.2) is 8.32 Å². The second kappa shape index (κ2) is 8.84. The van der Waals surface area contributed by atoms with Gasteiger partial charge in [0.2, 0.25) is 0 Å². The van der Waals surface area contributed by atoms with Gasteiger partial charge in [-0.2, -0.15) is 0 Å². The molecule has 1 aromatic carbocycles. The molecule has 0 saturated heterocycles. The number of rotatable bonds is 9. The zero-order chi connectivity index (χ0) is 18.4. The van der Waals surface area contributed by atoms with Crippen molar-refractivity contribution in [2.75, 3.05) is 7.11 Å². The molecule has 4 heteroatoms. The fraction of sp³-hybridized carbons (Fsp3) is 0.600. The largest absolute Gasteiger partial charge is 0.497 e. The highest BCUT2D eigenvalue weighted by molar-refractivity contribution is 6.74. The van der Waals surface area contributed by atoms with Gasteiger partial charge in [-0.05, 0) is 49.2 Å². The maximum atomic E-state index is 6.55. The molecular weight excluding hydrogens is 316 g/mol. The standard InChI is InChI=1S/C20H34O3Si/c1-9-10-19(23-24(7,8)20(3,4)5)16(2)22-15-17-11-13-18(21-6)14-12-17/h9,11-14,16,19H,1,10,15H2,2-8H3/t16-,19-/m0/s1. The minimum atomic E-state index is -1.83. The lowest BCUT2D eigenvalue weighted by Gasteiger charge is -2.40. The van der Waals surface area contributed by atoms with Crippen molar-refractivity contribution in [3.8, 4) is 5.75 Å². The van der Waals surface area contributed by atoms with Gasteiger partial charge in [0, 0.05) is 0 Å². The molecule has 0 unspecified atom stereocenters. The van der Waals surface area contributed by atoms with Gasteiger partial charge in [0.05, 0.1) is 25.9 Å². The van der Waals surface area contributed by atoms with Crippen LogP contribution in [-0.4, -0.2) is 27.6 Å². The van der Waals surface area contributed by atoms with Gasteiger partial charge in [-0.15, -0.1) is 6.58 Å². The van der Waals surface area contributed by atoms with E-state index in [4.69, 9.17) is 13.9 Å². The Morgan fingerprint density at radius 3 is 2.21 bits per heavy atom. The van der Waals surface area contributed by atoms with Crippen LogP contribution in [0.1, 0.15) is 39.7 Å². The molecule has 2 atom stereocenters. The van der Waals surface area contributed by atoms with E-state index in [1.54, 1.807) is 7.11 Å². The molecule has 0 aliphatic heterocycles. The van der Waals surface area contributed by atoms with Crippen LogP contribution in [0.2, 0.25) is 18.1 Å². The highest BCUT2D eigenvalue weighted by Crippen LogP contribution is 2.38. The summed E-state index contributed by atoms with van der Waals surface area (Å²) < 4.78 is 17.8. The topological polar surface area (TPSA) is 27.7 Å². The summed E-state index contributed by atoms with van der Waals surface area (Å²) in [5.74, 6) is 0.859. The number of methoxy groups -OCH3 is 1. The van der Waals surface area contributed by atoms with Gasteiger partial charge < -0.3 is 13.9 Å². The predicted molar refractivity (Wildman–Crippen MR) is 104 cm³/mol. The van der Waals surface area contributed by atoms with Crippen LogP contribution in [0.5, 0.6) is 5.75 Å². The zero-order valence-corrected chi connectivity index (χ0v) is 17.4. The minimum Gasteiger partial charge on any atom is -0.497 e. The zero-order valence-electron chi connectivity index (χ0n) is 16.4. The fourth-order valence-corrected chi connectivity index (χ4v) is 3.51. The summed E-state index contributed by atoms with van der Waals surface area (Å²) in [5.41, 5.74) is 1.13. The van der Waals surface area contributed by atoms with Crippen LogP contribution in [0, 0.1) is 0 Å². The Morgan fingerprint density at radius 2 is 1.75 bits per heavy atom. The number of hydrogen-bond donors (Lipinski definition) is 0. The second-order valence-corrected chi connectivity index (χ2v) is 12.6. The Kier molecular flexibility index (Phi) is 7.71. The fourth-order valence-electron chi connectivity index (χ4n) is 2.11. The molecule has 1 rings (SSSR count). The maximum Gasteiger partial charge on any atom is 0.192 e. The summed E-state index contributed by atoms with van der Waals surface area (Å²) in [6.45, 7) is 17.9. The summed E-state index contributed by atoms with van der Waals surface area (Å²) in [7, 11) is -0.161. The molecular formula is C20H34O3Si. The molecule has 0 spiro atoms. The van der Waals surface area contributed by atoms with Gasteiger partial charge in [0.25, 0.3) is 0 Å². The van der Waals surface area contributed by atoms with Crippen molar-refractivity contribution >= 4 is 8.32 Å². The average Bonchev–Trinajstić information content (AvgIpc) is 2.51. The molecule has 136 valence electrons. The van der Waals surface area contributed by atoms with Crippen LogP contribution in [0.4, 0.5) is 0 Å². The van der Waals surface area contributed by atoms with Crippen molar-refractivity contribution in [3.05, 3.63) is 42.5 Å². The first kappa shape index (κ1) is 20.9. The molecule has 0 aromatic heterocycles. The number of hydrogen-bond acceptors (Lipinski definition) is 3. The highest BCUT2D eigenvalue weighted by atomic mass is 28.4. The van der Waals surface area contributed by atoms with Gasteiger partial charge in [0.1, 0.15) is 5.75 Å². The van der Waals surface area contributed by atoms with E-state index in [0.717, 1.165) is 17.7 Å². The summed E-state index contributed by atoms with van der Waals surface area (Å²) >= 11 is 0. The lowest BCUT2D eigenvalue weighted by atomic mass is 10.1. The average molecular weight is 351 g/mol. The Labute approximate surface area is 149 Å². The van der Waals surface area contributed by atoms with Crippen molar-refractivity contribution in [3.63, 3.8) is 0 Å². The summed E-state index contributed by atoms with van der Waals surface area (Å²) in [5, 5.41) is 0.183. The van der Waals surface area contributed by atoms with Crippen molar-refractivity contribution in [1.82, 2.24) is 0 Å². The van der Waals surface area contributed by atoms with Crippen LogP contribution in [0.3, 0.4) is 0 Å². The van der Waals surface area contributed by atoms with Crippen LogP contribution >= 0.6 is 0 Å². The minimum absolute atomic E-state index is 0.0132. The first-order chi connectivity index (χ1) is 11.1. The molecule has 0 aliphatic carbocycles. The first-order valence-electron chi connectivity index (χ1n) is 8.64. The summed E-state index contributed by atoms with van der Waals surface area (Å²) in [4.78, 5) is 0. The molecule has 0 aliphatic rings. The van der Waals surface area contributed by atoms with E-state index < -0.39 is 8.32 Å². The SMILES string of the molecule is C=CC[C@H](O[Si](C)(C)C(C)(C)C)[C@H](C)OCc1ccc(OC)cc1. The van der Waals surface area contributed by atoms with E-state index in [9.17, 15) is 0 Å². The van der Waals surface area contributed by atoms with Crippen molar-refractivity contribution in [2.45, 2.75) is 71.1 Å². The van der Waals surface area contributed by atoms with Gasteiger partial charge in [-0.25, -0.2) is 0 Å². The lowest BCUT2D eigenvalue weighted by Crippen LogP contribution is -2.46. The number of ether oxygens (including phenoxy) is 2. The lowest BCUT2D eigenvalue weighted by molar-refractivity contribution is -0.0276. The van der Waals surface area contributed by atoms with Crippen molar-refractivity contribution in [2.24, 2.45) is 0 Å². The first-order valence-corrected chi connectivity index (χ1v) is 11.5. The van der Waals surface area contributed by atoms with E-state index in [-0.39, 0.29) is 17.2 Å². The van der Waals surface area contributed by atoms with Crippen molar-refractivity contribution < 1.29 is 13.9 Å². The molecule has 0 N–H and O–H groups in total. The quantitative estimate of drug-likeness (QED) is 0.430. The molecule has 0 saturated carbocycles. The normalized spacial score (nSPS) is 15.0. The highest BCUT2D eigenvalue weighted by Gasteiger charge is 2.40. The van der Waals surface area contributed by atoms with E-state index >= 15 is 0 Å². The van der Waals surface area contributed by atoms with Crippen LogP contribution in [0.15, 0.2) is 36.9 Å². The van der Waals surface area contributed by atoms with E-state index in [1.807, 2.05) is 30.3 Å². The van der Waals surface area contributed by atoms with E-state index in [0.29, 0.717) is 6.61 Å². The van der Waals surface area contributed by atoms with Gasteiger partial charge >= 0.3 is 0 Å². The third-order valence-electron chi connectivity index (χ3n) is 4.85. The van der Waals surface area contributed by atoms with Crippen LogP contribution < -0.4 is 4.74 Å². The molecule has 24 heavy (non-hydrogen) atoms. The molecule has 1 aromatic rings. The summed E-state index contributed by atoms with van der Waals surface area (Å²) in [6.07, 6.45) is 2.78. The second-order valence-electron chi connectivity index (χ2n) is 7.81. The number of benzene rings is 1. The Balaban J connectivity index is 2.68. The maximum absolute atomic E-state index is 6.55. The van der Waals surface area contributed by atoms with E-state index in [1.165, 1.54) is 0 Å². The Morgan fingerprint density at radius 1 is 1.17 bits per heavy atom. The smallest absolute Gasteiger partial charge is 0.192 e. The van der Waals surface area contributed by atoms with Crippen molar-refractivity contribution in [1.29, 1.82) is 0 Å². The molecule has 0 amide bonds. The summed E-state index contributed by atoms with van der Waals surface area (Å²) in [6, 6.07) is 7.97. The van der Waals surface area contributed by atoms with Gasteiger partial charge in [-0.1, -0.05) is 39.0 Å². The molecule has 0 heterocycles. The molecule has 0 fully saturated rings. The van der Waals surface area contributed by atoms with E-state index in [2.05, 4.69) is 47.4 Å². The monoisotopic (exact) mass is 350 g/mol. The Hall–Kier alpha value is -1.10. The van der Waals surface area contributed by atoms with Crippen LogP contribution in [-0.2, 0) is 15.8 Å².